The summed E-state index contributed by atoms with van der Waals surface area (Å²) >= 11 is 0. The molecular formula is C22H14F2N2O4. The van der Waals surface area contributed by atoms with E-state index >= 15 is 0 Å². The largest absolute Gasteiger partial charge is 0.452 e. The fraction of sp³-hybridized carbons (Fsp3) is 0.0455. The van der Waals surface area contributed by atoms with Gasteiger partial charge >= 0.3 is 5.97 Å². The Morgan fingerprint density at radius 2 is 1.70 bits per heavy atom. The van der Waals surface area contributed by atoms with E-state index in [0.29, 0.717) is 16.7 Å². The fourth-order valence-electron chi connectivity index (χ4n) is 2.87. The summed E-state index contributed by atoms with van der Waals surface area (Å²) < 4.78 is 37.5. The van der Waals surface area contributed by atoms with Crippen molar-refractivity contribution in [1.82, 2.24) is 5.16 Å². The molecule has 0 radical (unpaired) electrons. The van der Waals surface area contributed by atoms with Gasteiger partial charge in [-0.25, -0.2) is 13.6 Å². The van der Waals surface area contributed by atoms with Gasteiger partial charge in [-0.3, -0.25) is 4.79 Å². The number of halogens is 2. The molecule has 4 rings (SSSR count). The second-order valence-electron chi connectivity index (χ2n) is 6.33. The van der Waals surface area contributed by atoms with Crippen molar-refractivity contribution in [3.63, 3.8) is 0 Å². The number of nitrogens with one attached hydrogen (secondary N) is 1. The number of fused-ring (bicyclic) bond motifs is 1. The zero-order valence-electron chi connectivity index (χ0n) is 15.4. The Morgan fingerprint density at radius 1 is 0.967 bits per heavy atom. The van der Waals surface area contributed by atoms with E-state index in [1.54, 1.807) is 12.1 Å². The van der Waals surface area contributed by atoms with Gasteiger partial charge in [-0.05, 0) is 30.3 Å². The first-order chi connectivity index (χ1) is 14.5. The third kappa shape index (κ3) is 3.88. The molecule has 150 valence electrons. The van der Waals surface area contributed by atoms with Crippen LogP contribution < -0.4 is 5.32 Å². The van der Waals surface area contributed by atoms with E-state index in [4.69, 9.17) is 9.26 Å². The smallest absolute Gasteiger partial charge is 0.338 e. The molecule has 0 aliphatic rings. The highest BCUT2D eigenvalue weighted by molar-refractivity contribution is 6.00. The van der Waals surface area contributed by atoms with Gasteiger partial charge in [0.15, 0.2) is 12.4 Å². The Hall–Kier alpha value is -4.07. The van der Waals surface area contributed by atoms with Gasteiger partial charge in [-0.1, -0.05) is 41.6 Å². The molecule has 6 nitrogen and oxygen atoms in total. The van der Waals surface area contributed by atoms with Crippen molar-refractivity contribution < 1.29 is 27.6 Å². The predicted molar refractivity (Wildman–Crippen MR) is 105 cm³/mol. The topological polar surface area (TPSA) is 81.4 Å². The molecule has 0 saturated carbocycles. The SMILES string of the molecule is O=C(COC(=O)c1ccc2noc(-c3ccccc3)c2c1)Nc1c(F)cccc1F. The van der Waals surface area contributed by atoms with Crippen LogP contribution in [0.15, 0.2) is 71.3 Å². The fourth-order valence-corrected chi connectivity index (χ4v) is 2.87. The number of carbonyl (C=O) groups excluding carboxylic acids is 2. The molecule has 8 heteroatoms. The average molecular weight is 408 g/mol. The molecule has 1 aromatic heterocycles. The maximum atomic E-state index is 13.6. The molecule has 1 amide bonds. The van der Waals surface area contributed by atoms with E-state index in [1.807, 2.05) is 30.3 Å². The Balaban J connectivity index is 1.48. The number of hydrogen-bond donors (Lipinski definition) is 1. The molecule has 0 fully saturated rings. The molecule has 0 aliphatic carbocycles. The van der Waals surface area contributed by atoms with Crippen LogP contribution >= 0.6 is 0 Å². The van der Waals surface area contributed by atoms with E-state index in [9.17, 15) is 18.4 Å². The first-order valence-electron chi connectivity index (χ1n) is 8.89. The number of carbonyl (C=O) groups is 2. The van der Waals surface area contributed by atoms with Gasteiger partial charge < -0.3 is 14.6 Å². The van der Waals surface area contributed by atoms with Gasteiger partial charge in [0.05, 0.1) is 10.9 Å². The number of para-hydroxylation sites is 1. The average Bonchev–Trinajstić information content (AvgIpc) is 3.18. The van der Waals surface area contributed by atoms with Crippen molar-refractivity contribution >= 4 is 28.5 Å². The normalized spacial score (nSPS) is 10.7. The predicted octanol–water partition coefficient (Wildman–Crippen LogP) is 4.57. The van der Waals surface area contributed by atoms with Gasteiger partial charge in [0.2, 0.25) is 0 Å². The third-order valence-corrected chi connectivity index (χ3v) is 4.31. The van der Waals surface area contributed by atoms with E-state index < -0.39 is 35.8 Å². The number of amides is 1. The lowest BCUT2D eigenvalue weighted by Gasteiger charge is -2.08. The molecule has 0 bridgehead atoms. The summed E-state index contributed by atoms with van der Waals surface area (Å²) in [6, 6.07) is 17.0. The maximum Gasteiger partial charge on any atom is 0.338 e. The van der Waals surface area contributed by atoms with Crippen LogP contribution in [0.2, 0.25) is 0 Å². The molecule has 30 heavy (non-hydrogen) atoms. The zero-order valence-corrected chi connectivity index (χ0v) is 15.4. The summed E-state index contributed by atoms with van der Waals surface area (Å²) in [6.07, 6.45) is 0. The van der Waals surface area contributed by atoms with E-state index in [0.717, 1.165) is 17.7 Å². The number of anilines is 1. The van der Waals surface area contributed by atoms with Crippen molar-refractivity contribution in [3.05, 3.63) is 83.9 Å². The van der Waals surface area contributed by atoms with Crippen LogP contribution in [-0.4, -0.2) is 23.6 Å². The highest BCUT2D eigenvalue weighted by Crippen LogP contribution is 2.29. The van der Waals surface area contributed by atoms with Crippen LogP contribution in [-0.2, 0) is 9.53 Å². The second-order valence-corrected chi connectivity index (χ2v) is 6.33. The van der Waals surface area contributed by atoms with Crippen molar-refractivity contribution in [2.45, 2.75) is 0 Å². The van der Waals surface area contributed by atoms with Crippen molar-refractivity contribution in [1.29, 1.82) is 0 Å². The number of ether oxygens (including phenoxy) is 1. The van der Waals surface area contributed by atoms with Crippen LogP contribution in [0.5, 0.6) is 0 Å². The van der Waals surface area contributed by atoms with E-state index in [-0.39, 0.29) is 5.56 Å². The van der Waals surface area contributed by atoms with E-state index in [1.165, 1.54) is 12.1 Å². The number of benzene rings is 3. The first-order valence-corrected chi connectivity index (χ1v) is 8.89. The van der Waals surface area contributed by atoms with Crippen LogP contribution in [0.4, 0.5) is 14.5 Å². The molecule has 0 atom stereocenters. The number of nitrogens with zero attached hydrogens (tertiary/aromatic N) is 1. The molecule has 1 heterocycles. The Kier molecular flexibility index (Phi) is 5.21. The number of aromatic nitrogens is 1. The summed E-state index contributed by atoms with van der Waals surface area (Å²) in [7, 11) is 0. The Bertz CT molecular complexity index is 1220. The van der Waals surface area contributed by atoms with Gasteiger partial charge in [0.1, 0.15) is 22.8 Å². The number of hydrogen-bond acceptors (Lipinski definition) is 5. The van der Waals surface area contributed by atoms with Gasteiger partial charge in [-0.2, -0.15) is 0 Å². The Labute approximate surface area is 169 Å². The minimum absolute atomic E-state index is 0.174. The van der Waals surface area contributed by atoms with Crippen molar-refractivity contribution in [2.24, 2.45) is 0 Å². The quantitative estimate of drug-likeness (QED) is 0.490. The number of rotatable bonds is 5. The van der Waals surface area contributed by atoms with Crippen LogP contribution in [0.25, 0.3) is 22.2 Å². The first kappa shape index (κ1) is 19.3. The van der Waals surface area contributed by atoms with Crippen LogP contribution in [0.1, 0.15) is 10.4 Å². The van der Waals surface area contributed by atoms with Crippen LogP contribution in [0.3, 0.4) is 0 Å². The monoisotopic (exact) mass is 408 g/mol. The maximum absolute atomic E-state index is 13.6. The summed E-state index contributed by atoms with van der Waals surface area (Å²) in [5, 5.41) is 6.63. The molecule has 0 spiro atoms. The molecule has 0 unspecified atom stereocenters. The lowest BCUT2D eigenvalue weighted by atomic mass is 10.1. The van der Waals surface area contributed by atoms with Gasteiger partial charge in [-0.15, -0.1) is 0 Å². The standard InChI is InChI=1S/C22H14F2N2O4/c23-16-7-4-8-17(24)20(16)25-19(27)12-29-22(28)14-9-10-18-15(11-14)21(30-26-18)13-5-2-1-3-6-13/h1-11H,12H2,(H,25,27). The molecule has 3 aromatic carbocycles. The van der Waals surface area contributed by atoms with Crippen LogP contribution in [0, 0.1) is 11.6 Å². The third-order valence-electron chi connectivity index (χ3n) is 4.31. The molecule has 0 saturated heterocycles. The van der Waals surface area contributed by atoms with Gasteiger partial charge in [0, 0.05) is 5.56 Å². The lowest BCUT2D eigenvalue weighted by molar-refractivity contribution is -0.119. The minimum atomic E-state index is -0.930. The molecule has 4 aromatic rings. The summed E-state index contributed by atoms with van der Waals surface area (Å²) in [4.78, 5) is 24.3. The second kappa shape index (κ2) is 8.12. The van der Waals surface area contributed by atoms with Gasteiger partial charge in [0.25, 0.3) is 5.91 Å². The highest BCUT2D eigenvalue weighted by Gasteiger charge is 2.17. The minimum Gasteiger partial charge on any atom is -0.452 e. The highest BCUT2D eigenvalue weighted by atomic mass is 19.1. The summed E-state index contributed by atoms with van der Waals surface area (Å²) in [5.74, 6) is -3.01. The molecular weight excluding hydrogens is 394 g/mol. The Morgan fingerprint density at radius 3 is 2.43 bits per heavy atom. The summed E-state index contributed by atoms with van der Waals surface area (Å²) in [6.45, 7) is -0.709. The van der Waals surface area contributed by atoms with E-state index in [2.05, 4.69) is 10.5 Å². The van der Waals surface area contributed by atoms with Crippen molar-refractivity contribution in [2.75, 3.05) is 11.9 Å². The molecule has 0 aliphatic heterocycles. The molecule has 1 N–H and O–H groups in total. The number of esters is 1. The summed E-state index contributed by atoms with van der Waals surface area (Å²) in [5.41, 5.74) is 0.916. The lowest BCUT2D eigenvalue weighted by Crippen LogP contribution is -2.22. The van der Waals surface area contributed by atoms with Crippen molar-refractivity contribution in [3.8, 4) is 11.3 Å². The zero-order chi connectivity index (χ0) is 21.1.